The first kappa shape index (κ1) is 31.5. The van der Waals surface area contributed by atoms with Gasteiger partial charge in [0, 0.05) is 62.7 Å². The van der Waals surface area contributed by atoms with Crippen molar-refractivity contribution in [3.05, 3.63) is 68.5 Å². The second-order valence-electron chi connectivity index (χ2n) is 7.31. The number of hydrogen-bond acceptors (Lipinski definition) is 4. The summed E-state index contributed by atoms with van der Waals surface area (Å²) in [6.07, 6.45) is 3.46. The Labute approximate surface area is 193 Å². The molecule has 182 valence electrons. The average Bonchev–Trinajstić information content (AvgIpc) is 2.78. The molecule has 0 aliphatic heterocycles. The van der Waals surface area contributed by atoms with E-state index in [1.807, 2.05) is 53.7 Å². The van der Waals surface area contributed by atoms with Gasteiger partial charge in [-0.05, 0) is 12.1 Å². The van der Waals surface area contributed by atoms with E-state index >= 15 is 0 Å². The first-order valence-corrected chi connectivity index (χ1v) is 11.4. The Bertz CT molecular complexity index is 883. The number of hydrogen-bond donors (Lipinski definition) is 2. The second kappa shape index (κ2) is 18.0. The van der Waals surface area contributed by atoms with Crippen LogP contribution in [0.5, 0.6) is 0 Å². The molecule has 0 aliphatic rings. The summed E-state index contributed by atoms with van der Waals surface area (Å²) in [5.41, 5.74) is 1.44. The summed E-state index contributed by atoms with van der Waals surface area (Å²) in [6.45, 7) is 16.7. The molecule has 2 heterocycles. The standard InChI is InChI=1S/C11H16N2O2.C10H16N2O.2C2H6/c1-8(2)10(14)12-7-9-5-4-6-13(3)11(9)15;1-8(2)11-7-9-5-4-6-12(3)10(9)13;2*1-2/h4-6,8H,7H2,1-3H3,(H,12,14);4-6,8,11H,7H2,1-3H3;2*1-2H3. The summed E-state index contributed by atoms with van der Waals surface area (Å²) in [5, 5.41) is 5.93. The third-order valence-corrected chi connectivity index (χ3v) is 4.08. The number of nitrogens with zero attached hydrogens (tertiary/aromatic N) is 2. The van der Waals surface area contributed by atoms with Gasteiger partial charge in [-0.1, -0.05) is 67.5 Å². The van der Waals surface area contributed by atoms with Crippen LogP contribution in [0.25, 0.3) is 0 Å². The number of aryl methyl sites for hydroxylation is 2. The Morgan fingerprint density at radius 3 is 1.59 bits per heavy atom. The molecule has 7 heteroatoms. The zero-order chi connectivity index (χ0) is 25.3. The van der Waals surface area contributed by atoms with Crippen LogP contribution in [0.3, 0.4) is 0 Å². The van der Waals surface area contributed by atoms with E-state index in [9.17, 15) is 14.4 Å². The molecule has 2 N–H and O–H groups in total. The summed E-state index contributed by atoms with van der Waals surface area (Å²) in [7, 11) is 3.46. The molecule has 0 saturated heterocycles. The molecule has 0 atom stereocenters. The Hall–Kier alpha value is -2.67. The Kier molecular flexibility index (Phi) is 17.7. The minimum atomic E-state index is -0.0680. The number of carbonyl (C=O) groups excluding carboxylic acids is 1. The van der Waals surface area contributed by atoms with Crippen LogP contribution in [0.2, 0.25) is 0 Å². The molecule has 0 spiro atoms. The zero-order valence-electron chi connectivity index (χ0n) is 21.7. The molecule has 2 rings (SSSR count). The number of carbonyl (C=O) groups is 1. The van der Waals surface area contributed by atoms with Crippen LogP contribution in [-0.4, -0.2) is 21.1 Å². The minimum absolute atomic E-state index is 0.0408. The molecule has 0 bridgehead atoms. The highest BCUT2D eigenvalue weighted by atomic mass is 16.2. The van der Waals surface area contributed by atoms with Gasteiger partial charge < -0.3 is 19.8 Å². The lowest BCUT2D eigenvalue weighted by Gasteiger charge is -2.07. The van der Waals surface area contributed by atoms with E-state index in [1.165, 1.54) is 4.57 Å². The fourth-order valence-corrected chi connectivity index (χ4v) is 2.28. The van der Waals surface area contributed by atoms with Crippen molar-refractivity contribution in [2.24, 2.45) is 20.0 Å². The molecule has 2 aromatic heterocycles. The monoisotopic (exact) mass is 448 g/mol. The molecule has 32 heavy (non-hydrogen) atoms. The maximum atomic E-state index is 11.6. The van der Waals surface area contributed by atoms with Crippen molar-refractivity contribution in [3.8, 4) is 0 Å². The number of nitrogens with one attached hydrogen (secondary N) is 2. The van der Waals surface area contributed by atoms with Crippen LogP contribution in [0.1, 0.15) is 66.5 Å². The smallest absolute Gasteiger partial charge is 0.255 e. The van der Waals surface area contributed by atoms with Gasteiger partial charge in [-0.3, -0.25) is 14.4 Å². The zero-order valence-corrected chi connectivity index (χ0v) is 21.7. The summed E-state index contributed by atoms with van der Waals surface area (Å²) in [6, 6.07) is 7.67. The van der Waals surface area contributed by atoms with Gasteiger partial charge in [0.25, 0.3) is 11.1 Å². The van der Waals surface area contributed by atoms with Gasteiger partial charge in [0.1, 0.15) is 0 Å². The van der Waals surface area contributed by atoms with Crippen molar-refractivity contribution < 1.29 is 4.79 Å². The van der Waals surface area contributed by atoms with Crippen molar-refractivity contribution in [3.63, 3.8) is 0 Å². The second-order valence-corrected chi connectivity index (χ2v) is 7.31. The van der Waals surface area contributed by atoms with Crippen molar-refractivity contribution in [2.45, 2.75) is 74.5 Å². The Morgan fingerprint density at radius 1 is 0.812 bits per heavy atom. The van der Waals surface area contributed by atoms with Crippen LogP contribution in [0, 0.1) is 5.92 Å². The van der Waals surface area contributed by atoms with Crippen molar-refractivity contribution in [1.82, 2.24) is 19.8 Å². The lowest BCUT2D eigenvalue weighted by Crippen LogP contribution is -2.31. The van der Waals surface area contributed by atoms with Gasteiger partial charge in [0.05, 0.1) is 0 Å². The van der Waals surface area contributed by atoms with E-state index in [2.05, 4.69) is 24.5 Å². The highest BCUT2D eigenvalue weighted by Gasteiger charge is 2.07. The van der Waals surface area contributed by atoms with Crippen molar-refractivity contribution >= 4 is 5.91 Å². The summed E-state index contributed by atoms with van der Waals surface area (Å²) >= 11 is 0. The van der Waals surface area contributed by atoms with Crippen LogP contribution in [0.4, 0.5) is 0 Å². The Balaban J connectivity index is 0. The molecule has 0 saturated carbocycles. The number of aromatic nitrogens is 2. The minimum Gasteiger partial charge on any atom is -0.352 e. The van der Waals surface area contributed by atoms with Gasteiger partial charge in [0.2, 0.25) is 5.91 Å². The third kappa shape index (κ3) is 12.2. The molecule has 0 unspecified atom stereocenters. The van der Waals surface area contributed by atoms with Crippen LogP contribution < -0.4 is 21.8 Å². The van der Waals surface area contributed by atoms with Gasteiger partial charge >= 0.3 is 0 Å². The first-order valence-electron chi connectivity index (χ1n) is 11.4. The highest BCUT2D eigenvalue weighted by molar-refractivity contribution is 5.77. The van der Waals surface area contributed by atoms with E-state index in [-0.39, 0.29) is 22.9 Å². The van der Waals surface area contributed by atoms with Crippen molar-refractivity contribution in [2.75, 3.05) is 0 Å². The SMILES string of the molecule is CC.CC.CC(C)C(=O)NCc1cccn(C)c1=O.CC(C)NCc1cccn(C)c1=O. The lowest BCUT2D eigenvalue weighted by molar-refractivity contribution is -0.124. The molecule has 7 nitrogen and oxygen atoms in total. The molecule has 1 amide bonds. The summed E-state index contributed by atoms with van der Waals surface area (Å²) in [4.78, 5) is 34.4. The van der Waals surface area contributed by atoms with E-state index in [4.69, 9.17) is 0 Å². The van der Waals surface area contributed by atoms with Crippen LogP contribution in [-0.2, 0) is 32.0 Å². The van der Waals surface area contributed by atoms with Crippen LogP contribution in [0.15, 0.2) is 46.2 Å². The largest absolute Gasteiger partial charge is 0.352 e. The van der Waals surface area contributed by atoms with Gasteiger partial charge in [-0.25, -0.2) is 0 Å². The Morgan fingerprint density at radius 2 is 1.22 bits per heavy atom. The van der Waals surface area contributed by atoms with E-state index < -0.39 is 0 Å². The van der Waals surface area contributed by atoms with E-state index in [0.717, 1.165) is 5.56 Å². The number of pyridine rings is 2. The topological polar surface area (TPSA) is 85.1 Å². The van der Waals surface area contributed by atoms with Crippen LogP contribution >= 0.6 is 0 Å². The highest BCUT2D eigenvalue weighted by Crippen LogP contribution is 1.94. The quantitative estimate of drug-likeness (QED) is 0.707. The van der Waals surface area contributed by atoms with E-state index in [0.29, 0.717) is 24.7 Å². The molecular weight excluding hydrogens is 404 g/mol. The molecule has 0 fully saturated rings. The molecule has 0 aromatic carbocycles. The lowest BCUT2D eigenvalue weighted by atomic mass is 10.2. The maximum Gasteiger partial charge on any atom is 0.255 e. The van der Waals surface area contributed by atoms with Gasteiger partial charge in [-0.15, -0.1) is 0 Å². The molecule has 2 aromatic rings. The summed E-state index contributed by atoms with van der Waals surface area (Å²) in [5.74, 6) is -0.0986. The molecular formula is C25H44N4O3. The average molecular weight is 449 g/mol. The maximum absolute atomic E-state index is 11.6. The normalized spacial score (nSPS) is 9.62. The fraction of sp³-hybridized carbons (Fsp3) is 0.560. The number of rotatable bonds is 6. The van der Waals surface area contributed by atoms with Gasteiger partial charge in [-0.2, -0.15) is 0 Å². The first-order chi connectivity index (χ1) is 15.1. The van der Waals surface area contributed by atoms with Crippen molar-refractivity contribution in [1.29, 1.82) is 0 Å². The number of amides is 1. The molecule has 0 aliphatic carbocycles. The van der Waals surface area contributed by atoms with Gasteiger partial charge in [0.15, 0.2) is 0 Å². The van der Waals surface area contributed by atoms with E-state index in [1.54, 1.807) is 43.2 Å². The predicted octanol–water partition coefficient (Wildman–Crippen LogP) is 3.59. The fourth-order valence-electron chi connectivity index (χ4n) is 2.28. The summed E-state index contributed by atoms with van der Waals surface area (Å²) < 4.78 is 3.09. The predicted molar refractivity (Wildman–Crippen MR) is 135 cm³/mol. The third-order valence-electron chi connectivity index (χ3n) is 4.08. The molecule has 0 radical (unpaired) electrons.